The normalized spacial score (nSPS) is 13.8. The predicted octanol–water partition coefficient (Wildman–Crippen LogP) is 6.17. The van der Waals surface area contributed by atoms with Crippen LogP contribution in [-0.2, 0) is 16.1 Å². The Morgan fingerprint density at radius 1 is 0.972 bits per heavy atom. The molecule has 1 fully saturated rings. The molecule has 1 heterocycles. The molecule has 2 amide bonds. The summed E-state index contributed by atoms with van der Waals surface area (Å²) in [4.78, 5) is 28.6. The molecule has 0 aliphatic carbocycles. The summed E-state index contributed by atoms with van der Waals surface area (Å²) in [5.74, 6) is 0.0693. The Labute approximate surface area is 226 Å². The lowest BCUT2D eigenvalue weighted by Crippen LogP contribution is -2.48. The molecule has 6 nitrogen and oxygen atoms in total. The minimum atomic E-state index is -0.653. The van der Waals surface area contributed by atoms with Crippen LogP contribution in [0, 0.1) is 5.82 Å². The van der Waals surface area contributed by atoms with Crippen LogP contribution in [-0.4, -0.2) is 47.9 Å². The first-order chi connectivity index (χ1) is 17.3. The maximum atomic E-state index is 14.0. The minimum absolute atomic E-state index is 0.0245. The van der Waals surface area contributed by atoms with Gasteiger partial charge in [-0.05, 0) is 60.7 Å². The van der Waals surface area contributed by atoms with E-state index in [2.05, 4.69) is 31.9 Å². The number of nitrogens with zero attached hydrogens (tertiary/aromatic N) is 2. The van der Waals surface area contributed by atoms with Crippen molar-refractivity contribution in [3.8, 4) is 17.2 Å². The number of hydrogen-bond acceptors (Lipinski definition) is 4. The third kappa shape index (κ3) is 6.85. The van der Waals surface area contributed by atoms with Gasteiger partial charge in [0.15, 0.2) is 0 Å². The van der Waals surface area contributed by atoms with E-state index in [1.165, 1.54) is 30.1 Å². The highest BCUT2D eigenvalue weighted by molar-refractivity contribution is 9.10. The molecule has 0 radical (unpaired) electrons. The number of rotatable bonds is 6. The Balaban J connectivity index is 1.35. The molecular weight excluding hydrogens is 595 g/mol. The van der Waals surface area contributed by atoms with E-state index in [-0.39, 0.29) is 12.6 Å². The molecule has 0 N–H and O–H groups in total. The van der Waals surface area contributed by atoms with Gasteiger partial charge in [0.1, 0.15) is 29.2 Å². The zero-order chi connectivity index (χ0) is 25.7. The summed E-state index contributed by atoms with van der Waals surface area (Å²) in [5, 5.41) is 0. The second-order valence-corrected chi connectivity index (χ2v) is 10.4. The number of amides is 2. The van der Waals surface area contributed by atoms with Crippen molar-refractivity contribution in [3.63, 3.8) is 0 Å². The number of hydrogen-bond donors (Lipinski definition) is 0. The first-order valence-corrected chi connectivity index (χ1v) is 13.1. The molecule has 0 saturated carbocycles. The second-order valence-electron chi connectivity index (χ2n) is 8.54. The molecule has 0 aromatic heterocycles. The van der Waals surface area contributed by atoms with Crippen molar-refractivity contribution in [2.45, 2.75) is 25.5 Å². The zero-order valence-corrected chi connectivity index (χ0v) is 22.8. The number of carbonyl (C=O) groups excluding carboxylic acids is 2. The second kappa shape index (κ2) is 11.9. The summed E-state index contributed by atoms with van der Waals surface area (Å²) in [6, 6.07) is 19.0. The van der Waals surface area contributed by atoms with Crippen molar-refractivity contribution in [2.24, 2.45) is 0 Å². The summed E-state index contributed by atoms with van der Waals surface area (Å²) >= 11 is 6.81. The van der Waals surface area contributed by atoms with Gasteiger partial charge in [0.25, 0.3) is 0 Å². The van der Waals surface area contributed by atoms with Gasteiger partial charge in [-0.3, -0.25) is 9.59 Å². The Bertz CT molecular complexity index is 1230. The molecule has 1 aliphatic rings. The van der Waals surface area contributed by atoms with Gasteiger partial charge in [0.2, 0.25) is 0 Å². The van der Waals surface area contributed by atoms with Gasteiger partial charge < -0.3 is 19.3 Å². The summed E-state index contributed by atoms with van der Waals surface area (Å²) in [6.07, 6.45) is 1.23. The smallest absolute Gasteiger partial charge is 0.312 e. The van der Waals surface area contributed by atoms with Gasteiger partial charge >= 0.3 is 11.8 Å². The molecule has 4 rings (SSSR count). The fourth-order valence-electron chi connectivity index (χ4n) is 3.94. The molecule has 36 heavy (non-hydrogen) atoms. The van der Waals surface area contributed by atoms with Crippen LogP contribution in [0.25, 0.3) is 0 Å². The standard InChI is InChI=1S/C27H25Br2FN2O4/c1-31(17-18-15-21(30)7-10-25(18)36-22-8-5-19(28)6-9-22)26(33)27(34)32-13-11-23(12-14-32)35-24-4-2-3-20(29)16-24/h2-10,15-16,23H,11-14,17H2,1H3. The largest absolute Gasteiger partial charge is 0.490 e. The quantitative estimate of drug-likeness (QED) is 0.310. The van der Waals surface area contributed by atoms with E-state index in [4.69, 9.17) is 9.47 Å². The maximum Gasteiger partial charge on any atom is 0.312 e. The van der Waals surface area contributed by atoms with E-state index >= 15 is 0 Å². The summed E-state index contributed by atoms with van der Waals surface area (Å²) in [5.41, 5.74) is 0.461. The lowest BCUT2D eigenvalue weighted by Gasteiger charge is -2.32. The number of likely N-dealkylation sites (tertiary alicyclic amines) is 1. The number of carbonyl (C=O) groups is 2. The third-order valence-electron chi connectivity index (χ3n) is 5.83. The van der Waals surface area contributed by atoms with Gasteiger partial charge in [0, 0.05) is 54.0 Å². The number of halogens is 3. The third-order valence-corrected chi connectivity index (χ3v) is 6.85. The van der Waals surface area contributed by atoms with Crippen LogP contribution in [0.2, 0.25) is 0 Å². The fraction of sp³-hybridized carbons (Fsp3) is 0.259. The monoisotopic (exact) mass is 618 g/mol. The van der Waals surface area contributed by atoms with Crippen LogP contribution in [0.4, 0.5) is 4.39 Å². The van der Waals surface area contributed by atoms with Crippen LogP contribution >= 0.6 is 31.9 Å². The van der Waals surface area contributed by atoms with Crippen molar-refractivity contribution in [1.29, 1.82) is 0 Å². The molecule has 0 spiro atoms. The van der Waals surface area contributed by atoms with Gasteiger partial charge in [0.05, 0.1) is 0 Å². The first kappa shape index (κ1) is 26.2. The van der Waals surface area contributed by atoms with Gasteiger partial charge in [-0.25, -0.2) is 4.39 Å². The zero-order valence-electron chi connectivity index (χ0n) is 19.6. The highest BCUT2D eigenvalue weighted by Gasteiger charge is 2.30. The Kier molecular flexibility index (Phi) is 8.64. The lowest BCUT2D eigenvalue weighted by molar-refractivity contribution is -0.152. The van der Waals surface area contributed by atoms with E-state index in [0.29, 0.717) is 43.0 Å². The van der Waals surface area contributed by atoms with Crippen molar-refractivity contribution < 1.29 is 23.5 Å². The summed E-state index contributed by atoms with van der Waals surface area (Å²) in [6.45, 7) is 0.876. The van der Waals surface area contributed by atoms with Crippen molar-refractivity contribution >= 4 is 43.7 Å². The van der Waals surface area contributed by atoms with E-state index in [1.54, 1.807) is 17.0 Å². The van der Waals surface area contributed by atoms with Gasteiger partial charge in [-0.1, -0.05) is 37.9 Å². The number of ether oxygens (including phenoxy) is 2. The van der Waals surface area contributed by atoms with Gasteiger partial charge in [-0.15, -0.1) is 0 Å². The van der Waals surface area contributed by atoms with Crippen LogP contribution in [0.15, 0.2) is 75.7 Å². The fourth-order valence-corrected chi connectivity index (χ4v) is 4.58. The first-order valence-electron chi connectivity index (χ1n) is 11.5. The van der Waals surface area contributed by atoms with Crippen molar-refractivity contribution in [3.05, 3.63) is 87.1 Å². The SMILES string of the molecule is CN(Cc1cc(F)ccc1Oc1ccc(Br)cc1)C(=O)C(=O)N1CCC(Oc2cccc(Br)c2)CC1. The van der Waals surface area contributed by atoms with E-state index < -0.39 is 17.6 Å². The molecule has 3 aromatic rings. The van der Waals surface area contributed by atoms with Crippen LogP contribution < -0.4 is 9.47 Å². The number of piperidine rings is 1. The average Bonchev–Trinajstić information content (AvgIpc) is 2.86. The summed E-state index contributed by atoms with van der Waals surface area (Å²) in [7, 11) is 1.53. The molecule has 188 valence electrons. The van der Waals surface area contributed by atoms with Crippen molar-refractivity contribution in [2.75, 3.05) is 20.1 Å². The maximum absolute atomic E-state index is 14.0. The van der Waals surface area contributed by atoms with Crippen molar-refractivity contribution in [1.82, 2.24) is 9.80 Å². The predicted molar refractivity (Wildman–Crippen MR) is 141 cm³/mol. The van der Waals surface area contributed by atoms with Crippen LogP contribution in [0.3, 0.4) is 0 Å². The number of benzene rings is 3. The molecule has 0 unspecified atom stereocenters. The minimum Gasteiger partial charge on any atom is -0.490 e. The van der Waals surface area contributed by atoms with Gasteiger partial charge in [-0.2, -0.15) is 0 Å². The van der Waals surface area contributed by atoms with E-state index in [9.17, 15) is 14.0 Å². The lowest BCUT2D eigenvalue weighted by atomic mass is 10.1. The molecule has 0 atom stereocenters. The van der Waals surface area contributed by atoms with Crippen LogP contribution in [0.1, 0.15) is 18.4 Å². The molecule has 1 aliphatic heterocycles. The Morgan fingerprint density at radius 2 is 1.69 bits per heavy atom. The molecule has 0 bridgehead atoms. The molecule has 3 aromatic carbocycles. The highest BCUT2D eigenvalue weighted by atomic mass is 79.9. The molecule has 9 heteroatoms. The molecular formula is C27H25Br2FN2O4. The topological polar surface area (TPSA) is 59.1 Å². The summed E-state index contributed by atoms with van der Waals surface area (Å²) < 4.78 is 27.8. The average molecular weight is 620 g/mol. The van der Waals surface area contributed by atoms with E-state index in [1.807, 2.05) is 36.4 Å². The Hall–Kier alpha value is -2.91. The molecule has 1 saturated heterocycles. The Morgan fingerprint density at radius 3 is 2.39 bits per heavy atom. The van der Waals surface area contributed by atoms with E-state index in [0.717, 1.165) is 14.7 Å². The van der Waals surface area contributed by atoms with Crippen LogP contribution in [0.5, 0.6) is 17.2 Å². The highest BCUT2D eigenvalue weighted by Crippen LogP contribution is 2.28. The number of likely N-dealkylation sites (N-methyl/N-ethyl adjacent to an activating group) is 1.